The second kappa shape index (κ2) is 6.11. The molecule has 0 aliphatic rings. The minimum Gasteiger partial charge on any atom is -0.325 e. The molecule has 5 heteroatoms. The molecule has 1 rings (SSSR count). The number of amides is 1. The molecule has 0 atom stereocenters. The predicted octanol–water partition coefficient (Wildman–Crippen LogP) is 1.76. The molecular formula is C11H12ClN3O. The van der Waals surface area contributed by atoms with E-state index >= 15 is 0 Å². The highest BCUT2D eigenvalue weighted by molar-refractivity contribution is 6.32. The number of benzene rings is 1. The van der Waals surface area contributed by atoms with Crippen molar-refractivity contribution in [3.8, 4) is 6.07 Å². The maximum absolute atomic E-state index is 11.4. The Bertz CT molecular complexity index is 426. The first-order valence-electron chi connectivity index (χ1n) is 4.87. The van der Waals surface area contributed by atoms with E-state index < -0.39 is 0 Å². The third kappa shape index (κ3) is 3.54. The maximum atomic E-state index is 11.4. The third-order valence-electron chi connectivity index (χ3n) is 1.91. The fourth-order valence-corrected chi connectivity index (χ4v) is 1.35. The summed E-state index contributed by atoms with van der Waals surface area (Å²) in [5.74, 6) is -0.136. The first-order valence-corrected chi connectivity index (χ1v) is 5.25. The lowest BCUT2D eigenvalue weighted by atomic mass is 10.2. The summed E-state index contributed by atoms with van der Waals surface area (Å²) >= 11 is 5.83. The average Bonchev–Trinajstić information content (AvgIpc) is 2.26. The van der Waals surface area contributed by atoms with Crippen molar-refractivity contribution < 1.29 is 4.79 Å². The van der Waals surface area contributed by atoms with Gasteiger partial charge in [0.2, 0.25) is 5.91 Å². The molecule has 0 bridgehead atoms. The van der Waals surface area contributed by atoms with Gasteiger partial charge < -0.3 is 10.6 Å². The maximum Gasteiger partial charge on any atom is 0.238 e. The van der Waals surface area contributed by atoms with E-state index in [2.05, 4.69) is 10.6 Å². The van der Waals surface area contributed by atoms with Crippen LogP contribution in [0.5, 0.6) is 0 Å². The summed E-state index contributed by atoms with van der Waals surface area (Å²) in [6, 6.07) is 6.73. The quantitative estimate of drug-likeness (QED) is 0.839. The normalized spacial score (nSPS) is 9.56. The average molecular weight is 238 g/mol. The van der Waals surface area contributed by atoms with Crippen LogP contribution in [0.1, 0.15) is 12.5 Å². The van der Waals surface area contributed by atoms with Crippen molar-refractivity contribution >= 4 is 23.2 Å². The lowest BCUT2D eigenvalue weighted by Crippen LogP contribution is -2.27. The fourth-order valence-electron chi connectivity index (χ4n) is 1.13. The van der Waals surface area contributed by atoms with Crippen LogP contribution in [0.4, 0.5) is 5.69 Å². The molecule has 0 unspecified atom stereocenters. The van der Waals surface area contributed by atoms with E-state index in [0.29, 0.717) is 16.3 Å². The van der Waals surface area contributed by atoms with Crippen molar-refractivity contribution in [2.75, 3.05) is 18.4 Å². The Morgan fingerprint density at radius 1 is 1.56 bits per heavy atom. The Labute approximate surface area is 99.2 Å². The van der Waals surface area contributed by atoms with Gasteiger partial charge in [-0.3, -0.25) is 4.79 Å². The van der Waals surface area contributed by atoms with E-state index in [9.17, 15) is 4.79 Å². The zero-order valence-electron chi connectivity index (χ0n) is 8.88. The minimum absolute atomic E-state index is 0.136. The fraction of sp³-hybridized carbons (Fsp3) is 0.273. The summed E-state index contributed by atoms with van der Waals surface area (Å²) in [5.41, 5.74) is 0.984. The monoisotopic (exact) mass is 237 g/mol. The van der Waals surface area contributed by atoms with Crippen LogP contribution < -0.4 is 10.6 Å². The van der Waals surface area contributed by atoms with Gasteiger partial charge in [-0.2, -0.15) is 5.26 Å². The molecule has 0 fully saturated rings. The molecule has 0 radical (unpaired) electrons. The molecule has 2 N–H and O–H groups in total. The lowest BCUT2D eigenvalue weighted by molar-refractivity contribution is -0.115. The van der Waals surface area contributed by atoms with E-state index in [4.69, 9.17) is 16.9 Å². The number of hydrogen-bond acceptors (Lipinski definition) is 3. The van der Waals surface area contributed by atoms with Crippen molar-refractivity contribution in [1.29, 1.82) is 5.26 Å². The molecule has 0 aromatic heterocycles. The van der Waals surface area contributed by atoms with Crippen LogP contribution >= 0.6 is 11.6 Å². The Balaban J connectivity index is 2.65. The van der Waals surface area contributed by atoms with Gasteiger partial charge in [0.05, 0.1) is 17.1 Å². The van der Waals surface area contributed by atoms with Gasteiger partial charge in [-0.25, -0.2) is 0 Å². The predicted molar refractivity (Wildman–Crippen MR) is 63.3 cm³/mol. The van der Waals surface area contributed by atoms with Crippen LogP contribution in [0.2, 0.25) is 5.02 Å². The molecule has 1 aromatic rings. The molecule has 0 aliphatic heterocycles. The Morgan fingerprint density at radius 3 is 2.88 bits per heavy atom. The number of anilines is 1. The van der Waals surface area contributed by atoms with Crippen LogP contribution in [-0.4, -0.2) is 19.0 Å². The van der Waals surface area contributed by atoms with Gasteiger partial charge in [-0.05, 0) is 24.7 Å². The first-order chi connectivity index (χ1) is 7.67. The molecule has 16 heavy (non-hydrogen) atoms. The number of carbonyl (C=O) groups is 1. The van der Waals surface area contributed by atoms with E-state index in [0.717, 1.165) is 6.54 Å². The molecule has 4 nitrogen and oxygen atoms in total. The van der Waals surface area contributed by atoms with Crippen molar-refractivity contribution in [1.82, 2.24) is 5.32 Å². The van der Waals surface area contributed by atoms with Crippen LogP contribution in [0.25, 0.3) is 0 Å². The van der Waals surface area contributed by atoms with Crippen molar-refractivity contribution in [3.63, 3.8) is 0 Å². The van der Waals surface area contributed by atoms with E-state index in [1.807, 2.05) is 13.0 Å². The topological polar surface area (TPSA) is 64.9 Å². The van der Waals surface area contributed by atoms with Gasteiger partial charge in [0.15, 0.2) is 0 Å². The Hall–Kier alpha value is -1.57. The summed E-state index contributed by atoms with van der Waals surface area (Å²) in [6.45, 7) is 2.92. The second-order valence-electron chi connectivity index (χ2n) is 3.13. The number of carbonyl (C=O) groups excluding carboxylic acids is 1. The Kier molecular flexibility index (Phi) is 4.77. The minimum atomic E-state index is -0.136. The summed E-state index contributed by atoms with van der Waals surface area (Å²) in [7, 11) is 0. The lowest BCUT2D eigenvalue weighted by Gasteiger charge is -2.06. The largest absolute Gasteiger partial charge is 0.325 e. The van der Waals surface area contributed by atoms with Crippen LogP contribution in [0.15, 0.2) is 18.2 Å². The highest BCUT2D eigenvalue weighted by Gasteiger charge is 2.04. The molecular weight excluding hydrogens is 226 g/mol. The molecule has 0 aliphatic carbocycles. The SMILES string of the molecule is CCNCC(=O)Nc1ccc(C#N)c(Cl)c1. The number of nitrogens with one attached hydrogen (secondary N) is 2. The molecule has 84 valence electrons. The summed E-state index contributed by atoms with van der Waals surface area (Å²) < 4.78 is 0. The van der Waals surface area contributed by atoms with Crippen LogP contribution in [-0.2, 0) is 4.79 Å². The van der Waals surface area contributed by atoms with E-state index in [-0.39, 0.29) is 12.5 Å². The number of halogens is 1. The smallest absolute Gasteiger partial charge is 0.238 e. The third-order valence-corrected chi connectivity index (χ3v) is 2.22. The van der Waals surface area contributed by atoms with Gasteiger partial charge in [0.25, 0.3) is 0 Å². The number of rotatable bonds is 4. The van der Waals surface area contributed by atoms with E-state index in [1.165, 1.54) is 0 Å². The number of likely N-dealkylation sites (N-methyl/N-ethyl adjacent to an activating group) is 1. The zero-order chi connectivity index (χ0) is 12.0. The van der Waals surface area contributed by atoms with Gasteiger partial charge in [-0.1, -0.05) is 18.5 Å². The molecule has 0 spiro atoms. The molecule has 1 amide bonds. The van der Waals surface area contributed by atoms with Crippen molar-refractivity contribution in [3.05, 3.63) is 28.8 Å². The summed E-state index contributed by atoms with van der Waals surface area (Å²) in [6.07, 6.45) is 0. The highest BCUT2D eigenvalue weighted by Crippen LogP contribution is 2.19. The molecule has 1 aromatic carbocycles. The highest BCUT2D eigenvalue weighted by atomic mass is 35.5. The number of hydrogen-bond donors (Lipinski definition) is 2. The van der Waals surface area contributed by atoms with Gasteiger partial charge in [-0.15, -0.1) is 0 Å². The van der Waals surface area contributed by atoms with E-state index in [1.54, 1.807) is 18.2 Å². The molecule has 0 heterocycles. The van der Waals surface area contributed by atoms with Gasteiger partial charge in [0.1, 0.15) is 6.07 Å². The standard InChI is InChI=1S/C11H12ClN3O/c1-2-14-7-11(16)15-9-4-3-8(6-13)10(12)5-9/h3-5,14H,2,7H2,1H3,(H,15,16). The molecule has 0 saturated heterocycles. The molecule has 0 saturated carbocycles. The van der Waals surface area contributed by atoms with Crippen molar-refractivity contribution in [2.45, 2.75) is 6.92 Å². The first kappa shape index (κ1) is 12.5. The number of nitrogens with zero attached hydrogens (tertiary/aromatic N) is 1. The van der Waals surface area contributed by atoms with Crippen molar-refractivity contribution in [2.24, 2.45) is 0 Å². The summed E-state index contributed by atoms with van der Waals surface area (Å²) in [5, 5.41) is 14.6. The van der Waals surface area contributed by atoms with Gasteiger partial charge in [0, 0.05) is 5.69 Å². The van der Waals surface area contributed by atoms with Gasteiger partial charge >= 0.3 is 0 Å². The Morgan fingerprint density at radius 2 is 2.31 bits per heavy atom. The summed E-state index contributed by atoms with van der Waals surface area (Å²) in [4.78, 5) is 11.4. The number of nitriles is 1. The second-order valence-corrected chi connectivity index (χ2v) is 3.54. The van der Waals surface area contributed by atoms with Crippen LogP contribution in [0.3, 0.4) is 0 Å². The zero-order valence-corrected chi connectivity index (χ0v) is 9.64. The van der Waals surface area contributed by atoms with Crippen LogP contribution in [0, 0.1) is 11.3 Å².